The molecule has 78 valence electrons. The third kappa shape index (κ3) is 3.75. The maximum absolute atomic E-state index is 4.20. The zero-order chi connectivity index (χ0) is 10.4. The van der Waals surface area contributed by atoms with Crippen LogP contribution in [0.1, 0.15) is 26.1 Å². The topological polar surface area (TPSA) is 29.9 Å². The Hall–Kier alpha value is -1.09. The van der Waals surface area contributed by atoms with Gasteiger partial charge in [0.15, 0.2) is 0 Å². The molecule has 0 aliphatic rings. The van der Waals surface area contributed by atoms with Crippen molar-refractivity contribution < 1.29 is 0 Å². The lowest BCUT2D eigenvalue weighted by Crippen LogP contribution is -2.23. The molecule has 14 heavy (non-hydrogen) atoms. The Labute approximate surface area is 85.8 Å². The first-order valence-corrected chi connectivity index (χ1v) is 5.07. The summed E-state index contributed by atoms with van der Waals surface area (Å²) in [4.78, 5) is 4.20. The Bertz CT molecular complexity index is 286. The number of hydrogen-bond acceptors (Lipinski definition) is 2. The van der Waals surface area contributed by atoms with Crippen LogP contribution in [0.15, 0.2) is 18.5 Å². The summed E-state index contributed by atoms with van der Waals surface area (Å²) in [6, 6.07) is 0.566. The van der Waals surface area contributed by atoms with E-state index < -0.39 is 0 Å². The van der Waals surface area contributed by atoms with E-state index >= 15 is 0 Å². The summed E-state index contributed by atoms with van der Waals surface area (Å²) in [6.45, 7) is 5.34. The van der Waals surface area contributed by atoms with Gasteiger partial charge in [-0.2, -0.15) is 0 Å². The van der Waals surface area contributed by atoms with E-state index in [0.717, 1.165) is 18.8 Å². The Morgan fingerprint density at radius 2 is 2.36 bits per heavy atom. The molecule has 0 radical (unpaired) electrons. The van der Waals surface area contributed by atoms with Gasteiger partial charge in [-0.05, 0) is 19.0 Å². The molecule has 0 atom stereocenters. The molecule has 0 saturated heterocycles. The van der Waals surface area contributed by atoms with E-state index in [1.165, 1.54) is 0 Å². The molecule has 0 aromatic carbocycles. The predicted molar refractivity (Wildman–Crippen MR) is 60.0 cm³/mol. The Morgan fingerprint density at radius 1 is 1.57 bits per heavy atom. The molecular formula is C11H19N3. The van der Waals surface area contributed by atoms with E-state index in [9.17, 15) is 0 Å². The van der Waals surface area contributed by atoms with Gasteiger partial charge in [-0.15, -0.1) is 0 Å². The smallest absolute Gasteiger partial charge is 0.131 e. The van der Waals surface area contributed by atoms with Crippen molar-refractivity contribution in [1.29, 1.82) is 0 Å². The van der Waals surface area contributed by atoms with Crippen molar-refractivity contribution in [2.45, 2.75) is 26.3 Å². The van der Waals surface area contributed by atoms with Crippen molar-refractivity contribution >= 4 is 6.08 Å². The molecule has 3 nitrogen and oxygen atoms in total. The Balaban J connectivity index is 2.25. The largest absolute Gasteiger partial charge is 0.335 e. The van der Waals surface area contributed by atoms with Gasteiger partial charge in [0.05, 0.1) is 0 Å². The summed E-state index contributed by atoms with van der Waals surface area (Å²) in [5.74, 6) is 1.01. The maximum Gasteiger partial charge on any atom is 0.131 e. The van der Waals surface area contributed by atoms with Crippen LogP contribution in [0.4, 0.5) is 0 Å². The lowest BCUT2D eigenvalue weighted by molar-refractivity contribution is 0.595. The van der Waals surface area contributed by atoms with Crippen molar-refractivity contribution in [1.82, 2.24) is 14.9 Å². The van der Waals surface area contributed by atoms with Gasteiger partial charge in [0.25, 0.3) is 0 Å². The normalized spacial score (nSPS) is 11.7. The third-order valence-electron chi connectivity index (χ3n) is 1.99. The summed E-state index contributed by atoms with van der Waals surface area (Å²) in [5, 5.41) is 3.36. The Kier molecular flexibility index (Phi) is 4.40. The quantitative estimate of drug-likeness (QED) is 0.723. The minimum Gasteiger partial charge on any atom is -0.335 e. The first-order chi connectivity index (χ1) is 6.70. The number of nitrogens with one attached hydrogen (secondary N) is 1. The average molecular weight is 193 g/mol. The van der Waals surface area contributed by atoms with Gasteiger partial charge >= 0.3 is 0 Å². The predicted octanol–water partition coefficient (Wildman–Crippen LogP) is 1.82. The highest BCUT2D eigenvalue weighted by Gasteiger charge is 1.92. The van der Waals surface area contributed by atoms with E-state index in [1.807, 2.05) is 24.0 Å². The third-order valence-corrected chi connectivity index (χ3v) is 1.99. The summed E-state index contributed by atoms with van der Waals surface area (Å²) in [6.07, 6.45) is 9.02. The molecule has 1 aromatic heterocycles. The van der Waals surface area contributed by atoms with Crippen molar-refractivity contribution in [3.05, 3.63) is 24.3 Å². The lowest BCUT2D eigenvalue weighted by atomic mass is 10.3. The van der Waals surface area contributed by atoms with E-state index in [2.05, 4.69) is 36.3 Å². The number of rotatable bonds is 5. The van der Waals surface area contributed by atoms with Gasteiger partial charge < -0.3 is 9.88 Å². The highest BCUT2D eigenvalue weighted by molar-refractivity contribution is 5.39. The van der Waals surface area contributed by atoms with Gasteiger partial charge in [0.2, 0.25) is 0 Å². The van der Waals surface area contributed by atoms with E-state index in [-0.39, 0.29) is 0 Å². The van der Waals surface area contributed by atoms with Crippen LogP contribution in [0.5, 0.6) is 0 Å². The average Bonchev–Trinajstić information content (AvgIpc) is 2.51. The van der Waals surface area contributed by atoms with Crippen molar-refractivity contribution in [3.8, 4) is 0 Å². The van der Waals surface area contributed by atoms with Gasteiger partial charge in [-0.25, -0.2) is 4.98 Å². The fourth-order valence-electron chi connectivity index (χ4n) is 1.18. The molecule has 0 saturated carbocycles. The molecule has 1 N–H and O–H groups in total. The number of aryl methyl sites for hydroxylation is 1. The SMILES string of the molecule is CC(C)NCCC=Cc1nccn1C. The molecule has 0 fully saturated rings. The zero-order valence-corrected chi connectivity index (χ0v) is 9.20. The maximum atomic E-state index is 4.20. The summed E-state index contributed by atoms with van der Waals surface area (Å²) in [5.41, 5.74) is 0. The van der Waals surface area contributed by atoms with Crippen molar-refractivity contribution in [2.24, 2.45) is 7.05 Å². The molecule has 0 aliphatic heterocycles. The van der Waals surface area contributed by atoms with Crippen LogP contribution in [0.3, 0.4) is 0 Å². The second kappa shape index (κ2) is 5.60. The molecule has 1 rings (SSSR count). The molecule has 1 heterocycles. The first-order valence-electron chi connectivity index (χ1n) is 5.07. The second-order valence-electron chi connectivity index (χ2n) is 3.70. The minimum absolute atomic E-state index is 0.566. The van der Waals surface area contributed by atoms with Crippen molar-refractivity contribution in [3.63, 3.8) is 0 Å². The zero-order valence-electron chi connectivity index (χ0n) is 9.20. The fourth-order valence-corrected chi connectivity index (χ4v) is 1.18. The molecule has 1 aromatic rings. The van der Waals surface area contributed by atoms with Gasteiger partial charge in [0.1, 0.15) is 5.82 Å². The molecule has 0 amide bonds. The van der Waals surface area contributed by atoms with E-state index in [4.69, 9.17) is 0 Å². The van der Waals surface area contributed by atoms with Crippen LogP contribution in [-0.4, -0.2) is 22.1 Å². The fraction of sp³-hybridized carbons (Fsp3) is 0.545. The highest BCUT2D eigenvalue weighted by Crippen LogP contribution is 1.97. The van der Waals surface area contributed by atoms with E-state index in [0.29, 0.717) is 6.04 Å². The number of nitrogens with zero attached hydrogens (tertiary/aromatic N) is 2. The molecule has 0 unspecified atom stereocenters. The Morgan fingerprint density at radius 3 is 2.93 bits per heavy atom. The summed E-state index contributed by atoms with van der Waals surface area (Å²) in [7, 11) is 2.00. The highest BCUT2D eigenvalue weighted by atomic mass is 15.0. The van der Waals surface area contributed by atoms with Crippen LogP contribution >= 0.6 is 0 Å². The number of aromatic nitrogens is 2. The van der Waals surface area contributed by atoms with Gasteiger partial charge in [-0.3, -0.25) is 0 Å². The minimum atomic E-state index is 0.566. The monoisotopic (exact) mass is 193 g/mol. The van der Waals surface area contributed by atoms with Crippen LogP contribution in [-0.2, 0) is 7.05 Å². The van der Waals surface area contributed by atoms with Crippen LogP contribution < -0.4 is 5.32 Å². The van der Waals surface area contributed by atoms with E-state index in [1.54, 1.807) is 0 Å². The second-order valence-corrected chi connectivity index (χ2v) is 3.70. The summed E-state index contributed by atoms with van der Waals surface area (Å²) < 4.78 is 2.01. The molecule has 0 aliphatic carbocycles. The van der Waals surface area contributed by atoms with Crippen molar-refractivity contribution in [2.75, 3.05) is 6.54 Å². The molecule has 0 bridgehead atoms. The number of imidazole rings is 1. The standard InChI is InChI=1S/C11H19N3/c1-10(2)12-7-5-4-6-11-13-8-9-14(11)3/h4,6,8-10,12H,5,7H2,1-3H3. The molecular weight excluding hydrogens is 174 g/mol. The molecule has 3 heteroatoms. The molecule has 0 spiro atoms. The summed E-state index contributed by atoms with van der Waals surface area (Å²) >= 11 is 0. The number of hydrogen-bond donors (Lipinski definition) is 1. The van der Waals surface area contributed by atoms with Crippen LogP contribution in [0, 0.1) is 0 Å². The van der Waals surface area contributed by atoms with Crippen LogP contribution in [0.2, 0.25) is 0 Å². The first kappa shape index (κ1) is 11.0. The lowest BCUT2D eigenvalue weighted by Gasteiger charge is -2.04. The van der Waals surface area contributed by atoms with Gasteiger partial charge in [-0.1, -0.05) is 19.9 Å². The van der Waals surface area contributed by atoms with Crippen LogP contribution in [0.25, 0.3) is 6.08 Å². The van der Waals surface area contributed by atoms with Gasteiger partial charge in [0, 0.05) is 25.5 Å².